The average Bonchev–Trinajstić information content (AvgIpc) is 2.75. The minimum Gasteiger partial charge on any atom is -0.345 e. The number of thioether (sulfide) groups is 1. The normalized spacial score (nSPS) is 12.0. The standard InChI is InChI=1S/C25H45N3O5S/c1-18(2)22(30)12-9-15-34-17-21(29)10-7-13-25(33)28(6)16-24(32)27-20(5)23(31)11-8-14-26-19(3)4/h18-20,26H,7-17H2,1-6H3,(H,27,32)/t20-/m0/s1. The molecular formula is C25H45N3O5S. The Hall–Kier alpha value is -1.74. The number of hydrogen-bond donors (Lipinski definition) is 2. The van der Waals surface area contributed by atoms with E-state index in [-0.39, 0.29) is 48.0 Å². The molecule has 0 aromatic heterocycles. The van der Waals surface area contributed by atoms with E-state index in [0.717, 1.165) is 18.7 Å². The molecule has 0 rings (SSSR count). The molecule has 0 spiro atoms. The van der Waals surface area contributed by atoms with Gasteiger partial charge < -0.3 is 15.5 Å². The van der Waals surface area contributed by atoms with Gasteiger partial charge in [-0.2, -0.15) is 11.8 Å². The highest BCUT2D eigenvalue weighted by atomic mass is 32.2. The van der Waals surface area contributed by atoms with Crippen LogP contribution in [0.2, 0.25) is 0 Å². The highest BCUT2D eigenvalue weighted by Gasteiger charge is 2.18. The van der Waals surface area contributed by atoms with Crippen molar-refractivity contribution >= 4 is 40.9 Å². The Morgan fingerprint density at radius 3 is 2.09 bits per heavy atom. The van der Waals surface area contributed by atoms with Gasteiger partial charge in [-0.05, 0) is 38.5 Å². The molecule has 0 radical (unpaired) electrons. The number of Topliss-reactive ketones (excluding diaryl/α,β-unsaturated/α-hetero) is 3. The lowest BCUT2D eigenvalue weighted by molar-refractivity contribution is -0.135. The quantitative estimate of drug-likeness (QED) is 0.248. The third-order valence-electron chi connectivity index (χ3n) is 5.28. The van der Waals surface area contributed by atoms with Crippen molar-refractivity contribution in [2.75, 3.05) is 31.6 Å². The Morgan fingerprint density at radius 2 is 1.47 bits per heavy atom. The first-order valence-electron chi connectivity index (χ1n) is 12.4. The smallest absolute Gasteiger partial charge is 0.240 e. The number of rotatable bonds is 20. The Kier molecular flexibility index (Phi) is 17.6. The third-order valence-corrected chi connectivity index (χ3v) is 6.39. The molecule has 0 aliphatic heterocycles. The molecule has 0 saturated heterocycles. The molecule has 2 N–H and O–H groups in total. The van der Waals surface area contributed by atoms with Crippen molar-refractivity contribution in [2.24, 2.45) is 5.92 Å². The number of carbonyl (C=O) groups is 5. The third kappa shape index (κ3) is 16.8. The van der Waals surface area contributed by atoms with Crippen LogP contribution in [0.15, 0.2) is 0 Å². The van der Waals surface area contributed by atoms with Crippen molar-refractivity contribution in [1.29, 1.82) is 0 Å². The summed E-state index contributed by atoms with van der Waals surface area (Å²) in [6.45, 7) is 10.2. The van der Waals surface area contributed by atoms with Gasteiger partial charge in [-0.25, -0.2) is 0 Å². The average molecular weight is 500 g/mol. The van der Waals surface area contributed by atoms with Crippen LogP contribution in [0.5, 0.6) is 0 Å². The molecule has 0 bridgehead atoms. The molecule has 0 heterocycles. The van der Waals surface area contributed by atoms with Crippen molar-refractivity contribution in [1.82, 2.24) is 15.5 Å². The van der Waals surface area contributed by atoms with Crippen LogP contribution < -0.4 is 10.6 Å². The molecule has 8 nitrogen and oxygen atoms in total. The lowest BCUT2D eigenvalue weighted by Gasteiger charge is -2.19. The maximum Gasteiger partial charge on any atom is 0.240 e. The summed E-state index contributed by atoms with van der Waals surface area (Å²) in [6, 6.07) is -0.219. The first-order chi connectivity index (χ1) is 15.9. The van der Waals surface area contributed by atoms with E-state index in [4.69, 9.17) is 0 Å². The summed E-state index contributed by atoms with van der Waals surface area (Å²) >= 11 is 1.52. The number of amides is 2. The van der Waals surface area contributed by atoms with Crippen molar-refractivity contribution in [2.45, 2.75) is 91.6 Å². The maximum atomic E-state index is 12.3. The zero-order valence-corrected chi connectivity index (χ0v) is 22.7. The van der Waals surface area contributed by atoms with E-state index < -0.39 is 6.04 Å². The van der Waals surface area contributed by atoms with Gasteiger partial charge in [-0.1, -0.05) is 27.7 Å². The van der Waals surface area contributed by atoms with Crippen LogP contribution in [0.3, 0.4) is 0 Å². The summed E-state index contributed by atoms with van der Waals surface area (Å²) in [5.41, 5.74) is 0. The molecule has 34 heavy (non-hydrogen) atoms. The number of ketones is 3. The lowest BCUT2D eigenvalue weighted by Crippen LogP contribution is -2.44. The second-order valence-electron chi connectivity index (χ2n) is 9.39. The van der Waals surface area contributed by atoms with Gasteiger partial charge in [-0.3, -0.25) is 24.0 Å². The van der Waals surface area contributed by atoms with E-state index in [1.807, 2.05) is 27.7 Å². The molecule has 1 atom stereocenters. The first kappa shape index (κ1) is 32.3. The van der Waals surface area contributed by atoms with Gasteiger partial charge in [0.15, 0.2) is 5.78 Å². The highest BCUT2D eigenvalue weighted by molar-refractivity contribution is 7.99. The molecule has 0 saturated carbocycles. The SMILES string of the molecule is CC(C)NCCCC(=O)[C@H](C)NC(=O)CN(C)C(=O)CCCC(=O)CSCCCC(=O)C(C)C. The fourth-order valence-corrected chi connectivity index (χ4v) is 3.93. The molecule has 0 aromatic rings. The molecule has 196 valence electrons. The highest BCUT2D eigenvalue weighted by Crippen LogP contribution is 2.10. The van der Waals surface area contributed by atoms with Crippen LogP contribution >= 0.6 is 11.8 Å². The van der Waals surface area contributed by atoms with Gasteiger partial charge in [0, 0.05) is 44.7 Å². The fraction of sp³-hybridized carbons (Fsp3) is 0.800. The predicted molar refractivity (Wildman–Crippen MR) is 138 cm³/mol. The Morgan fingerprint density at radius 1 is 0.824 bits per heavy atom. The molecule has 0 aromatic carbocycles. The van der Waals surface area contributed by atoms with E-state index in [1.54, 1.807) is 14.0 Å². The number of nitrogens with zero attached hydrogens (tertiary/aromatic N) is 1. The van der Waals surface area contributed by atoms with Crippen LogP contribution in [0, 0.1) is 5.92 Å². The zero-order valence-electron chi connectivity index (χ0n) is 21.9. The Balaban J connectivity index is 4.00. The molecule has 0 aliphatic carbocycles. The molecule has 0 fully saturated rings. The molecule has 0 unspecified atom stereocenters. The second-order valence-corrected chi connectivity index (χ2v) is 10.5. The van der Waals surface area contributed by atoms with Gasteiger partial charge in [0.2, 0.25) is 11.8 Å². The van der Waals surface area contributed by atoms with E-state index in [1.165, 1.54) is 16.7 Å². The minimum absolute atomic E-state index is 0.0317. The molecular weight excluding hydrogens is 454 g/mol. The van der Waals surface area contributed by atoms with Gasteiger partial charge in [0.05, 0.1) is 18.3 Å². The Bertz CT molecular complexity index is 667. The van der Waals surface area contributed by atoms with E-state index >= 15 is 0 Å². The van der Waals surface area contributed by atoms with E-state index in [2.05, 4.69) is 10.6 Å². The maximum absolute atomic E-state index is 12.3. The van der Waals surface area contributed by atoms with Crippen LogP contribution in [-0.4, -0.2) is 77.8 Å². The van der Waals surface area contributed by atoms with Gasteiger partial charge in [-0.15, -0.1) is 0 Å². The predicted octanol–water partition coefficient (Wildman–Crippen LogP) is 2.77. The van der Waals surface area contributed by atoms with Crippen molar-refractivity contribution < 1.29 is 24.0 Å². The largest absolute Gasteiger partial charge is 0.345 e. The summed E-state index contributed by atoms with van der Waals surface area (Å²) in [6.07, 6.45) is 3.38. The van der Waals surface area contributed by atoms with Crippen LogP contribution in [0.25, 0.3) is 0 Å². The van der Waals surface area contributed by atoms with Crippen LogP contribution in [0.1, 0.15) is 79.6 Å². The molecule has 9 heteroatoms. The van der Waals surface area contributed by atoms with Gasteiger partial charge >= 0.3 is 0 Å². The van der Waals surface area contributed by atoms with Gasteiger partial charge in [0.1, 0.15) is 11.6 Å². The number of carbonyl (C=O) groups excluding carboxylic acids is 5. The van der Waals surface area contributed by atoms with Crippen molar-refractivity contribution in [3.05, 3.63) is 0 Å². The summed E-state index contributed by atoms with van der Waals surface area (Å²) in [4.78, 5) is 61.4. The van der Waals surface area contributed by atoms with Crippen molar-refractivity contribution in [3.8, 4) is 0 Å². The second kappa shape index (κ2) is 18.6. The topological polar surface area (TPSA) is 113 Å². The number of hydrogen-bond acceptors (Lipinski definition) is 7. The van der Waals surface area contributed by atoms with E-state index in [0.29, 0.717) is 43.9 Å². The monoisotopic (exact) mass is 499 g/mol. The summed E-state index contributed by atoms with van der Waals surface area (Å²) in [5, 5.41) is 5.90. The number of nitrogens with one attached hydrogen (secondary N) is 2. The van der Waals surface area contributed by atoms with Crippen molar-refractivity contribution in [3.63, 3.8) is 0 Å². The Labute approximate surface area is 209 Å². The van der Waals surface area contributed by atoms with Crippen LogP contribution in [-0.2, 0) is 24.0 Å². The first-order valence-corrected chi connectivity index (χ1v) is 13.5. The van der Waals surface area contributed by atoms with Gasteiger partial charge in [0.25, 0.3) is 0 Å². The summed E-state index contributed by atoms with van der Waals surface area (Å²) < 4.78 is 0. The lowest BCUT2D eigenvalue weighted by atomic mass is 10.1. The van der Waals surface area contributed by atoms with Crippen LogP contribution in [0.4, 0.5) is 0 Å². The molecule has 2 amide bonds. The minimum atomic E-state index is -0.589. The summed E-state index contributed by atoms with van der Waals surface area (Å²) in [7, 11) is 1.54. The summed E-state index contributed by atoms with van der Waals surface area (Å²) in [5.74, 6) is 0.945. The zero-order chi connectivity index (χ0) is 26.1. The fourth-order valence-electron chi connectivity index (χ4n) is 3.06. The number of likely N-dealkylation sites (N-methyl/N-ethyl adjacent to an activating group) is 1. The molecule has 0 aliphatic rings. The van der Waals surface area contributed by atoms with E-state index in [9.17, 15) is 24.0 Å².